The Balaban J connectivity index is 0.000000213. The van der Waals surface area contributed by atoms with E-state index in [9.17, 15) is 0 Å². The zero-order valence-corrected chi connectivity index (χ0v) is 7.55. The summed E-state index contributed by atoms with van der Waals surface area (Å²) >= 11 is 0. The zero-order chi connectivity index (χ0) is 10.4. The van der Waals surface area contributed by atoms with Gasteiger partial charge in [-0.3, -0.25) is 4.98 Å². The van der Waals surface area contributed by atoms with Crippen LogP contribution in [0.1, 0.15) is 0 Å². The van der Waals surface area contributed by atoms with Gasteiger partial charge < -0.3 is 11.5 Å². The van der Waals surface area contributed by atoms with Gasteiger partial charge in [0.25, 0.3) is 0 Å². The Morgan fingerprint density at radius 3 is 2.21 bits per heavy atom. The minimum Gasteiger partial charge on any atom is -0.352 e. The van der Waals surface area contributed by atoms with E-state index in [2.05, 4.69) is 28.6 Å². The molecule has 0 saturated heterocycles. The lowest BCUT2D eigenvalue weighted by Crippen LogP contribution is -2.18. The van der Waals surface area contributed by atoms with E-state index in [1.165, 1.54) is 10.8 Å². The second-order valence-electron chi connectivity index (χ2n) is 2.63. The molecule has 72 valence electrons. The van der Waals surface area contributed by atoms with Crippen molar-refractivity contribution in [3.8, 4) is 0 Å². The molecule has 0 aliphatic heterocycles. The second kappa shape index (κ2) is 4.81. The number of nitrogens with zero attached hydrogens (tertiary/aromatic N) is 1. The molecule has 2 aromatic rings. The van der Waals surface area contributed by atoms with Gasteiger partial charge in [-0.25, -0.2) is 4.79 Å². The first-order valence-electron chi connectivity index (χ1n) is 4.04. The Morgan fingerprint density at radius 2 is 1.64 bits per heavy atom. The fraction of sp³-hybridized carbons (Fsp3) is 0. The van der Waals surface area contributed by atoms with E-state index >= 15 is 0 Å². The first-order chi connectivity index (χ1) is 6.70. The molecule has 0 spiro atoms. The number of benzene rings is 1. The number of carbonyl (C=O) groups excluding carboxylic acids is 1. The maximum atomic E-state index is 9.00. The summed E-state index contributed by atoms with van der Waals surface area (Å²) in [5.41, 5.74) is 8.50. The normalized spacial score (nSPS) is 8.86. The van der Waals surface area contributed by atoms with E-state index in [0.717, 1.165) is 0 Å². The Hall–Kier alpha value is -2.10. The van der Waals surface area contributed by atoms with Gasteiger partial charge in [0.15, 0.2) is 0 Å². The highest BCUT2D eigenvalue weighted by Gasteiger charge is 1.86. The van der Waals surface area contributed by atoms with Crippen LogP contribution in [0.25, 0.3) is 10.8 Å². The van der Waals surface area contributed by atoms with Gasteiger partial charge in [0.1, 0.15) is 0 Å². The van der Waals surface area contributed by atoms with Gasteiger partial charge in [-0.05, 0) is 16.8 Å². The lowest BCUT2D eigenvalue weighted by molar-refractivity contribution is 0.256. The maximum absolute atomic E-state index is 9.00. The van der Waals surface area contributed by atoms with Crippen LogP contribution in [0.5, 0.6) is 0 Å². The largest absolute Gasteiger partial charge is 0.352 e. The molecule has 0 unspecified atom stereocenters. The van der Waals surface area contributed by atoms with Gasteiger partial charge in [0, 0.05) is 12.4 Å². The van der Waals surface area contributed by atoms with E-state index in [1.54, 1.807) is 0 Å². The van der Waals surface area contributed by atoms with Crippen molar-refractivity contribution in [3.05, 3.63) is 42.7 Å². The predicted molar refractivity (Wildman–Crippen MR) is 55.5 cm³/mol. The molecule has 4 nitrogen and oxygen atoms in total. The minimum atomic E-state index is -0.833. The molecular weight excluding hydrogens is 178 g/mol. The SMILES string of the molecule is NC(N)=O.c1ccc2cnccc2c1. The fourth-order valence-corrected chi connectivity index (χ4v) is 1.03. The Morgan fingerprint density at radius 1 is 1.07 bits per heavy atom. The van der Waals surface area contributed by atoms with Gasteiger partial charge in [-0.1, -0.05) is 24.3 Å². The number of aromatic nitrogens is 1. The molecule has 4 heteroatoms. The molecule has 0 aliphatic carbocycles. The van der Waals surface area contributed by atoms with Crippen molar-refractivity contribution in [1.82, 2.24) is 4.98 Å². The molecule has 0 bridgehead atoms. The molecule has 0 radical (unpaired) electrons. The standard InChI is InChI=1S/C9H7N.CH4N2O/c1-2-4-9-7-10-6-5-8(9)3-1;2-1(3)4/h1-7H;(H4,2,3,4). The van der Waals surface area contributed by atoms with Crippen molar-refractivity contribution in [1.29, 1.82) is 0 Å². The third-order valence-electron chi connectivity index (χ3n) is 1.55. The van der Waals surface area contributed by atoms with Gasteiger partial charge >= 0.3 is 6.03 Å². The molecule has 0 aliphatic rings. The number of nitrogens with two attached hydrogens (primary N) is 2. The first-order valence-corrected chi connectivity index (χ1v) is 4.04. The van der Waals surface area contributed by atoms with Crippen molar-refractivity contribution in [2.45, 2.75) is 0 Å². The maximum Gasteiger partial charge on any atom is 0.309 e. The van der Waals surface area contributed by atoms with Gasteiger partial charge in [-0.15, -0.1) is 0 Å². The number of pyridine rings is 1. The Labute approximate surface area is 81.5 Å². The van der Waals surface area contributed by atoms with E-state index in [0.29, 0.717) is 0 Å². The number of fused-ring (bicyclic) bond motifs is 1. The average Bonchev–Trinajstić information content (AvgIpc) is 2.17. The molecule has 0 saturated carbocycles. The Bertz CT molecular complexity index is 359. The molecule has 14 heavy (non-hydrogen) atoms. The first kappa shape index (κ1) is 9.98. The number of hydrogen-bond acceptors (Lipinski definition) is 2. The van der Waals surface area contributed by atoms with Crippen LogP contribution in [-0.4, -0.2) is 11.0 Å². The van der Waals surface area contributed by atoms with Crippen LogP contribution >= 0.6 is 0 Å². The third kappa shape index (κ3) is 3.10. The third-order valence-corrected chi connectivity index (χ3v) is 1.55. The monoisotopic (exact) mass is 189 g/mol. The van der Waals surface area contributed by atoms with Gasteiger partial charge in [-0.2, -0.15) is 0 Å². The van der Waals surface area contributed by atoms with Crippen LogP contribution in [0.2, 0.25) is 0 Å². The number of amides is 2. The van der Waals surface area contributed by atoms with Gasteiger partial charge in [0.2, 0.25) is 0 Å². The van der Waals surface area contributed by atoms with Crippen molar-refractivity contribution < 1.29 is 4.79 Å². The number of primary amides is 2. The van der Waals surface area contributed by atoms with Crippen LogP contribution in [0.4, 0.5) is 4.79 Å². The minimum absolute atomic E-state index is 0.833. The van der Waals surface area contributed by atoms with Crippen LogP contribution in [0.3, 0.4) is 0 Å². The van der Waals surface area contributed by atoms with E-state index in [-0.39, 0.29) is 0 Å². The number of rotatable bonds is 0. The molecule has 2 amide bonds. The number of urea groups is 1. The predicted octanol–water partition coefficient (Wildman–Crippen LogP) is 1.26. The van der Waals surface area contributed by atoms with E-state index in [4.69, 9.17) is 4.79 Å². The summed E-state index contributed by atoms with van der Waals surface area (Å²) in [5.74, 6) is 0. The van der Waals surface area contributed by atoms with Crippen LogP contribution in [-0.2, 0) is 0 Å². The highest BCUT2D eigenvalue weighted by Crippen LogP contribution is 2.09. The van der Waals surface area contributed by atoms with Crippen molar-refractivity contribution in [2.75, 3.05) is 0 Å². The van der Waals surface area contributed by atoms with Crippen LogP contribution in [0, 0.1) is 0 Å². The highest BCUT2D eigenvalue weighted by atomic mass is 16.2. The van der Waals surface area contributed by atoms with Gasteiger partial charge in [0.05, 0.1) is 0 Å². The molecule has 0 fully saturated rings. The number of hydrogen-bond donors (Lipinski definition) is 2. The molecule has 1 aromatic carbocycles. The molecule has 2 rings (SSSR count). The van der Waals surface area contributed by atoms with Crippen LogP contribution in [0.15, 0.2) is 42.7 Å². The van der Waals surface area contributed by atoms with Crippen molar-refractivity contribution in [3.63, 3.8) is 0 Å². The summed E-state index contributed by atoms with van der Waals surface area (Å²) < 4.78 is 0. The molecule has 0 atom stereocenters. The molecule has 4 N–H and O–H groups in total. The molecular formula is C10H11N3O. The molecule has 1 heterocycles. The summed E-state index contributed by atoms with van der Waals surface area (Å²) in [7, 11) is 0. The summed E-state index contributed by atoms with van der Waals surface area (Å²) in [6.07, 6.45) is 3.68. The smallest absolute Gasteiger partial charge is 0.309 e. The lowest BCUT2D eigenvalue weighted by atomic mass is 10.2. The quantitative estimate of drug-likeness (QED) is 0.654. The summed E-state index contributed by atoms with van der Waals surface area (Å²) in [6, 6.07) is 9.36. The molecule has 1 aromatic heterocycles. The van der Waals surface area contributed by atoms with Crippen molar-refractivity contribution >= 4 is 16.8 Å². The van der Waals surface area contributed by atoms with Crippen molar-refractivity contribution in [2.24, 2.45) is 11.5 Å². The number of carbonyl (C=O) groups is 1. The highest BCUT2D eigenvalue weighted by molar-refractivity contribution is 5.80. The summed E-state index contributed by atoms with van der Waals surface area (Å²) in [5, 5.41) is 2.45. The topological polar surface area (TPSA) is 82.0 Å². The average molecular weight is 189 g/mol. The van der Waals surface area contributed by atoms with Crippen LogP contribution < -0.4 is 11.5 Å². The lowest BCUT2D eigenvalue weighted by Gasteiger charge is -1.91. The summed E-state index contributed by atoms with van der Waals surface area (Å²) in [4.78, 5) is 13.0. The second-order valence-corrected chi connectivity index (χ2v) is 2.63. The summed E-state index contributed by atoms with van der Waals surface area (Å²) in [6.45, 7) is 0. The Kier molecular flexibility index (Phi) is 3.43. The fourth-order valence-electron chi connectivity index (χ4n) is 1.03. The van der Waals surface area contributed by atoms with E-state index < -0.39 is 6.03 Å². The zero-order valence-electron chi connectivity index (χ0n) is 7.55. The van der Waals surface area contributed by atoms with E-state index in [1.807, 2.05) is 30.6 Å².